The third-order valence-corrected chi connectivity index (χ3v) is 2.83. The van der Waals surface area contributed by atoms with Crippen LogP contribution in [0.3, 0.4) is 0 Å². The summed E-state index contributed by atoms with van der Waals surface area (Å²) in [5.74, 6) is -1.03. The number of alkyl halides is 5. The van der Waals surface area contributed by atoms with E-state index in [1.54, 1.807) is 0 Å². The Kier molecular flexibility index (Phi) is 3.88. The number of benzene rings is 1. The van der Waals surface area contributed by atoms with Crippen molar-refractivity contribution in [3.05, 3.63) is 18.2 Å². The maximum Gasteiger partial charge on any atom is 0.507 e. The molecule has 0 aromatic heterocycles. The lowest BCUT2D eigenvalue weighted by atomic mass is 10.2. The van der Waals surface area contributed by atoms with Gasteiger partial charge in [0.1, 0.15) is 0 Å². The van der Waals surface area contributed by atoms with E-state index in [0.29, 0.717) is 0 Å². The van der Waals surface area contributed by atoms with E-state index in [1.807, 2.05) is 0 Å². The summed E-state index contributed by atoms with van der Waals surface area (Å²) in [5.41, 5.74) is 0.289. The highest BCUT2D eigenvalue weighted by Crippen LogP contribution is 2.47. The zero-order chi connectivity index (χ0) is 15.0. The smallest absolute Gasteiger partial charge is 0.421 e. The van der Waals surface area contributed by atoms with Gasteiger partial charge in [0.15, 0.2) is 11.5 Å². The van der Waals surface area contributed by atoms with Gasteiger partial charge in [-0.1, -0.05) is 0 Å². The van der Waals surface area contributed by atoms with E-state index in [2.05, 4.69) is 14.8 Å². The normalized spacial score (nSPS) is 20.3. The molecule has 0 spiro atoms. The van der Waals surface area contributed by atoms with E-state index in [4.69, 9.17) is 11.6 Å². The Bertz CT molecular complexity index is 501. The van der Waals surface area contributed by atoms with Crippen molar-refractivity contribution in [2.45, 2.75) is 18.3 Å². The van der Waals surface area contributed by atoms with Crippen molar-refractivity contribution < 1.29 is 32.1 Å². The van der Waals surface area contributed by atoms with E-state index in [0.717, 1.165) is 12.1 Å². The Morgan fingerprint density at radius 3 is 2.35 bits per heavy atom. The Morgan fingerprint density at radius 1 is 1.15 bits per heavy atom. The molecule has 1 atom stereocenters. The molecular weight excluding hydrogens is 306 g/mol. The molecule has 0 bridgehead atoms. The molecule has 4 nitrogen and oxygen atoms in total. The van der Waals surface area contributed by atoms with Crippen molar-refractivity contribution >= 4 is 17.3 Å². The summed E-state index contributed by atoms with van der Waals surface area (Å²) in [4.78, 5) is 0. The van der Waals surface area contributed by atoms with Gasteiger partial charge in [0, 0.05) is 18.3 Å². The monoisotopic (exact) mass is 315 g/mol. The molecule has 1 aromatic carbocycles. The maximum absolute atomic E-state index is 13.0. The molecule has 0 aliphatic carbocycles. The fourth-order valence-electron chi connectivity index (χ4n) is 1.47. The van der Waals surface area contributed by atoms with Crippen LogP contribution in [0.2, 0.25) is 0 Å². The van der Waals surface area contributed by atoms with Crippen LogP contribution in [0.1, 0.15) is 0 Å². The van der Waals surface area contributed by atoms with Gasteiger partial charge in [0.25, 0.3) is 0 Å². The molecule has 0 saturated carbocycles. The summed E-state index contributed by atoms with van der Waals surface area (Å²) in [6, 6.07) is 3.45. The van der Waals surface area contributed by atoms with Gasteiger partial charge in [-0.2, -0.15) is 17.6 Å². The minimum Gasteiger partial charge on any atom is -0.421 e. The summed E-state index contributed by atoms with van der Waals surface area (Å²) in [7, 11) is 0. The molecular formula is C11H10ClF4NO3. The minimum atomic E-state index is -4.76. The molecule has 1 aromatic rings. The average molecular weight is 316 g/mol. The fourth-order valence-corrected chi connectivity index (χ4v) is 1.58. The number of nitrogens with one attached hydrogen (secondary N) is 1. The predicted octanol–water partition coefficient (Wildman–Crippen LogP) is 2.66. The van der Waals surface area contributed by atoms with Gasteiger partial charge >= 0.3 is 12.2 Å². The van der Waals surface area contributed by atoms with E-state index < -0.39 is 29.8 Å². The van der Waals surface area contributed by atoms with Crippen LogP contribution in [0.25, 0.3) is 0 Å². The quantitative estimate of drug-likeness (QED) is 0.662. The summed E-state index contributed by atoms with van der Waals surface area (Å²) in [6.07, 6.45) is -10.3. The van der Waals surface area contributed by atoms with Crippen LogP contribution in [0, 0.1) is 0 Å². The molecule has 1 unspecified atom stereocenters. The molecule has 9 heteroatoms. The third kappa shape index (κ3) is 2.85. The van der Waals surface area contributed by atoms with Gasteiger partial charge in [-0.15, -0.1) is 11.6 Å². The number of halogens is 5. The van der Waals surface area contributed by atoms with E-state index in [1.165, 1.54) is 6.07 Å². The maximum atomic E-state index is 13.0. The average Bonchev–Trinajstić information content (AvgIpc) is 2.36. The van der Waals surface area contributed by atoms with Gasteiger partial charge in [0.2, 0.25) is 0 Å². The molecule has 112 valence electrons. The van der Waals surface area contributed by atoms with Crippen LogP contribution in [-0.4, -0.2) is 35.9 Å². The molecule has 0 radical (unpaired) electrons. The van der Waals surface area contributed by atoms with Gasteiger partial charge < -0.3 is 19.9 Å². The molecule has 0 amide bonds. The SMILES string of the molecule is OC(CCl)CNc1ccc2c(c1)OC(F)(F)C(F)(F)O2. The highest BCUT2D eigenvalue weighted by atomic mass is 35.5. The van der Waals surface area contributed by atoms with Crippen LogP contribution >= 0.6 is 11.6 Å². The van der Waals surface area contributed by atoms with Crippen molar-refractivity contribution in [2.75, 3.05) is 17.7 Å². The molecule has 1 aliphatic rings. The van der Waals surface area contributed by atoms with E-state index >= 15 is 0 Å². The lowest BCUT2D eigenvalue weighted by Gasteiger charge is -2.32. The highest BCUT2D eigenvalue weighted by Gasteiger charge is 2.65. The number of anilines is 1. The minimum absolute atomic E-state index is 0.0121. The van der Waals surface area contributed by atoms with Crippen LogP contribution in [0.5, 0.6) is 11.5 Å². The van der Waals surface area contributed by atoms with Crippen molar-refractivity contribution in [3.8, 4) is 11.5 Å². The number of hydrogen-bond acceptors (Lipinski definition) is 4. The van der Waals surface area contributed by atoms with Crippen molar-refractivity contribution in [1.29, 1.82) is 0 Å². The van der Waals surface area contributed by atoms with Crippen LogP contribution in [0.4, 0.5) is 23.2 Å². The topological polar surface area (TPSA) is 50.7 Å². The number of aliphatic hydroxyl groups is 1. The predicted molar refractivity (Wildman–Crippen MR) is 62.8 cm³/mol. The Hall–Kier alpha value is -1.41. The molecule has 20 heavy (non-hydrogen) atoms. The lowest BCUT2D eigenvalue weighted by Crippen LogP contribution is -2.52. The van der Waals surface area contributed by atoms with Crippen LogP contribution in [-0.2, 0) is 0 Å². The van der Waals surface area contributed by atoms with Gasteiger partial charge in [0.05, 0.1) is 12.0 Å². The third-order valence-electron chi connectivity index (χ3n) is 2.48. The second-order valence-electron chi connectivity index (χ2n) is 4.09. The largest absolute Gasteiger partial charge is 0.507 e. The van der Waals surface area contributed by atoms with Gasteiger partial charge in [-0.05, 0) is 12.1 Å². The van der Waals surface area contributed by atoms with Crippen molar-refractivity contribution in [3.63, 3.8) is 0 Å². The lowest BCUT2D eigenvalue weighted by molar-refractivity contribution is -0.391. The van der Waals surface area contributed by atoms with E-state index in [9.17, 15) is 22.7 Å². The molecule has 2 rings (SSSR count). The van der Waals surface area contributed by atoms with Crippen molar-refractivity contribution in [1.82, 2.24) is 0 Å². The number of ether oxygens (including phenoxy) is 2. The Balaban J connectivity index is 2.17. The first kappa shape index (κ1) is 15.0. The molecule has 1 aliphatic heterocycles. The fraction of sp³-hybridized carbons (Fsp3) is 0.455. The van der Waals surface area contributed by atoms with Crippen molar-refractivity contribution in [2.24, 2.45) is 0 Å². The van der Waals surface area contributed by atoms with Crippen LogP contribution < -0.4 is 14.8 Å². The standard InChI is InChI=1S/C11H10ClF4NO3/c12-4-7(18)5-17-6-1-2-8-9(3-6)20-11(15,16)10(13,14)19-8/h1-3,7,17-18H,4-5H2. The summed E-state index contributed by atoms with van der Waals surface area (Å²) in [5, 5.41) is 11.9. The van der Waals surface area contributed by atoms with E-state index in [-0.39, 0.29) is 18.1 Å². The van der Waals surface area contributed by atoms with Gasteiger partial charge in [-0.3, -0.25) is 0 Å². The van der Waals surface area contributed by atoms with Gasteiger partial charge in [-0.25, -0.2) is 0 Å². The number of fused-ring (bicyclic) bond motifs is 1. The first-order valence-corrected chi connectivity index (χ1v) is 6.04. The first-order valence-electron chi connectivity index (χ1n) is 5.51. The molecule has 0 saturated heterocycles. The summed E-state index contributed by atoms with van der Waals surface area (Å²) >= 11 is 5.39. The Labute approximate surface area is 116 Å². The highest BCUT2D eigenvalue weighted by molar-refractivity contribution is 6.18. The zero-order valence-corrected chi connectivity index (χ0v) is 10.6. The zero-order valence-electron chi connectivity index (χ0n) is 9.88. The number of rotatable bonds is 4. The number of hydrogen-bond donors (Lipinski definition) is 2. The molecule has 0 fully saturated rings. The second kappa shape index (κ2) is 5.17. The summed E-state index contributed by atoms with van der Waals surface area (Å²) in [6.45, 7) is 0.0652. The number of aliphatic hydroxyl groups excluding tert-OH is 1. The Morgan fingerprint density at radius 2 is 1.75 bits per heavy atom. The molecule has 1 heterocycles. The second-order valence-corrected chi connectivity index (χ2v) is 4.40. The molecule has 2 N–H and O–H groups in total. The van der Waals surface area contributed by atoms with Crippen LogP contribution in [0.15, 0.2) is 18.2 Å². The first-order chi connectivity index (χ1) is 9.25. The summed E-state index contributed by atoms with van der Waals surface area (Å²) < 4.78 is 59.7.